The smallest absolute Gasteiger partial charge is 0.337 e. The number of amides is 1. The number of aromatic nitrogens is 1. The molecule has 8 nitrogen and oxygen atoms in total. The number of carbonyl (C=O) groups is 3. The van der Waals surface area contributed by atoms with Gasteiger partial charge < -0.3 is 18.8 Å². The molecule has 0 saturated heterocycles. The molecule has 0 aliphatic heterocycles. The highest BCUT2D eigenvalue weighted by Crippen LogP contribution is 2.24. The predicted molar refractivity (Wildman–Crippen MR) is 111 cm³/mol. The zero-order valence-corrected chi connectivity index (χ0v) is 17.9. The number of halogens is 1. The number of hydrogen-bond donors (Lipinski definition) is 0. The van der Waals surface area contributed by atoms with Crippen molar-refractivity contribution in [2.75, 3.05) is 21.3 Å². The largest absolute Gasteiger partial charge is 0.496 e. The highest BCUT2D eigenvalue weighted by molar-refractivity contribution is 7.16. The Kier molecular flexibility index (Phi) is 6.53. The summed E-state index contributed by atoms with van der Waals surface area (Å²) in [6.07, 6.45) is 0. The van der Waals surface area contributed by atoms with Gasteiger partial charge >= 0.3 is 11.9 Å². The summed E-state index contributed by atoms with van der Waals surface area (Å²) < 4.78 is 16.9. The van der Waals surface area contributed by atoms with Crippen LogP contribution >= 0.6 is 22.9 Å². The summed E-state index contributed by atoms with van der Waals surface area (Å²) in [7, 11) is 3.99. The Labute approximate surface area is 180 Å². The quantitative estimate of drug-likeness (QED) is 0.556. The molecule has 1 heterocycles. The van der Waals surface area contributed by atoms with E-state index in [2.05, 4.69) is 4.99 Å². The fourth-order valence-corrected chi connectivity index (χ4v) is 3.98. The van der Waals surface area contributed by atoms with Gasteiger partial charge in [0, 0.05) is 5.02 Å². The third-order valence-electron chi connectivity index (χ3n) is 4.21. The number of hydrogen-bond acceptors (Lipinski definition) is 7. The molecular weight excluding hydrogens is 432 g/mol. The fraction of sp³-hybridized carbons (Fsp3) is 0.200. The highest BCUT2D eigenvalue weighted by atomic mass is 35.5. The Bertz CT molecular complexity index is 1210. The Morgan fingerprint density at radius 2 is 1.83 bits per heavy atom. The molecule has 10 heteroatoms. The number of methoxy groups -OCH3 is 3. The average Bonchev–Trinajstić information content (AvgIpc) is 3.08. The van der Waals surface area contributed by atoms with Crippen molar-refractivity contribution >= 4 is 51.0 Å². The number of rotatable bonds is 5. The van der Waals surface area contributed by atoms with Crippen molar-refractivity contribution in [2.45, 2.75) is 6.54 Å². The van der Waals surface area contributed by atoms with Crippen molar-refractivity contribution in [3.8, 4) is 5.75 Å². The lowest BCUT2D eigenvalue weighted by molar-refractivity contribution is -0.141. The first kappa shape index (κ1) is 21.5. The number of esters is 2. The van der Waals surface area contributed by atoms with E-state index >= 15 is 0 Å². The topological polar surface area (TPSA) is 96.2 Å². The van der Waals surface area contributed by atoms with Crippen LogP contribution in [-0.4, -0.2) is 43.7 Å². The van der Waals surface area contributed by atoms with E-state index in [-0.39, 0.29) is 16.9 Å². The third-order valence-corrected chi connectivity index (χ3v) is 5.48. The first-order valence-electron chi connectivity index (χ1n) is 8.59. The monoisotopic (exact) mass is 448 g/mol. The molecule has 156 valence electrons. The summed E-state index contributed by atoms with van der Waals surface area (Å²) in [5, 5.41) is 0.357. The lowest BCUT2D eigenvalue weighted by atomic mass is 10.2. The van der Waals surface area contributed by atoms with Gasteiger partial charge in [0.15, 0.2) is 4.80 Å². The van der Waals surface area contributed by atoms with E-state index in [4.69, 9.17) is 25.8 Å². The summed E-state index contributed by atoms with van der Waals surface area (Å²) in [5.41, 5.74) is 1.14. The minimum Gasteiger partial charge on any atom is -0.496 e. The van der Waals surface area contributed by atoms with Crippen LogP contribution in [0.4, 0.5) is 0 Å². The summed E-state index contributed by atoms with van der Waals surface area (Å²) in [6, 6.07) is 9.47. The van der Waals surface area contributed by atoms with Crippen LogP contribution in [0.3, 0.4) is 0 Å². The maximum absolute atomic E-state index is 12.8. The van der Waals surface area contributed by atoms with E-state index in [1.807, 2.05) is 0 Å². The van der Waals surface area contributed by atoms with E-state index in [0.717, 1.165) is 11.3 Å². The summed E-state index contributed by atoms with van der Waals surface area (Å²) in [4.78, 5) is 41.0. The van der Waals surface area contributed by atoms with Crippen LogP contribution in [0.25, 0.3) is 10.2 Å². The van der Waals surface area contributed by atoms with Crippen molar-refractivity contribution in [1.82, 2.24) is 4.57 Å². The van der Waals surface area contributed by atoms with E-state index in [1.165, 1.54) is 27.4 Å². The van der Waals surface area contributed by atoms with Crippen LogP contribution in [0.15, 0.2) is 41.4 Å². The molecule has 1 aromatic heterocycles. The van der Waals surface area contributed by atoms with Crippen LogP contribution in [0.2, 0.25) is 5.02 Å². The third kappa shape index (κ3) is 4.37. The van der Waals surface area contributed by atoms with Gasteiger partial charge in [-0.3, -0.25) is 9.59 Å². The van der Waals surface area contributed by atoms with Crippen LogP contribution in [0.5, 0.6) is 5.75 Å². The van der Waals surface area contributed by atoms with Crippen LogP contribution in [-0.2, 0) is 20.8 Å². The minimum absolute atomic E-state index is 0.160. The Balaban J connectivity index is 2.18. The normalized spacial score (nSPS) is 11.4. The van der Waals surface area contributed by atoms with Crippen molar-refractivity contribution in [3.05, 3.63) is 57.3 Å². The molecule has 3 aromatic rings. The van der Waals surface area contributed by atoms with E-state index < -0.39 is 17.8 Å². The Hall–Kier alpha value is -3.17. The van der Waals surface area contributed by atoms with Gasteiger partial charge in [-0.05, 0) is 36.4 Å². The first-order valence-corrected chi connectivity index (χ1v) is 9.78. The van der Waals surface area contributed by atoms with Crippen LogP contribution in [0, 0.1) is 0 Å². The number of ether oxygens (including phenoxy) is 3. The molecule has 0 bridgehead atoms. The molecule has 0 fully saturated rings. The SMILES string of the molecule is COC(=O)Cn1c(=NC(=O)c2cc(Cl)ccc2OC)sc2cc(C(=O)OC)ccc21. The Morgan fingerprint density at radius 1 is 1.07 bits per heavy atom. The number of fused-ring (bicyclic) bond motifs is 1. The van der Waals surface area contributed by atoms with Crippen LogP contribution < -0.4 is 9.54 Å². The number of benzene rings is 2. The number of nitrogens with zero attached hydrogens (tertiary/aromatic N) is 2. The van der Waals surface area contributed by atoms with Crippen molar-refractivity contribution in [3.63, 3.8) is 0 Å². The van der Waals surface area contributed by atoms with Gasteiger partial charge in [-0.25, -0.2) is 4.79 Å². The van der Waals surface area contributed by atoms with Gasteiger partial charge in [0.05, 0.1) is 42.7 Å². The van der Waals surface area contributed by atoms with Crippen molar-refractivity contribution in [1.29, 1.82) is 0 Å². The molecule has 0 N–H and O–H groups in total. The molecule has 3 rings (SSSR count). The van der Waals surface area contributed by atoms with Gasteiger partial charge in [-0.1, -0.05) is 22.9 Å². The molecule has 30 heavy (non-hydrogen) atoms. The second kappa shape index (κ2) is 9.10. The van der Waals surface area contributed by atoms with Gasteiger partial charge in [0.1, 0.15) is 12.3 Å². The number of thiazole rings is 1. The van der Waals surface area contributed by atoms with Gasteiger partial charge in [-0.2, -0.15) is 4.99 Å². The first-order chi connectivity index (χ1) is 14.4. The number of carbonyl (C=O) groups excluding carboxylic acids is 3. The summed E-state index contributed by atoms with van der Waals surface area (Å²) >= 11 is 7.15. The molecule has 0 radical (unpaired) electrons. The molecule has 2 aromatic carbocycles. The molecule has 1 amide bonds. The van der Waals surface area contributed by atoms with Crippen molar-refractivity contribution < 1.29 is 28.6 Å². The molecule has 0 spiro atoms. The minimum atomic E-state index is -0.590. The molecular formula is C20H17ClN2O6S. The second-order valence-electron chi connectivity index (χ2n) is 5.98. The summed E-state index contributed by atoms with van der Waals surface area (Å²) in [6.45, 7) is -0.160. The second-order valence-corrected chi connectivity index (χ2v) is 7.43. The average molecular weight is 449 g/mol. The van der Waals surface area contributed by atoms with Gasteiger partial charge in [0.2, 0.25) is 0 Å². The molecule has 0 aliphatic carbocycles. The zero-order chi connectivity index (χ0) is 21.8. The molecule has 0 atom stereocenters. The van der Waals surface area contributed by atoms with E-state index in [9.17, 15) is 14.4 Å². The molecule has 0 aliphatic rings. The summed E-state index contributed by atoms with van der Waals surface area (Å²) in [5.74, 6) is -1.28. The van der Waals surface area contributed by atoms with Crippen LogP contribution in [0.1, 0.15) is 20.7 Å². The lowest BCUT2D eigenvalue weighted by Gasteiger charge is -2.06. The maximum Gasteiger partial charge on any atom is 0.337 e. The Morgan fingerprint density at radius 3 is 2.50 bits per heavy atom. The fourth-order valence-electron chi connectivity index (χ4n) is 2.74. The highest BCUT2D eigenvalue weighted by Gasteiger charge is 2.17. The van der Waals surface area contributed by atoms with Gasteiger partial charge in [0.25, 0.3) is 5.91 Å². The maximum atomic E-state index is 12.8. The van der Waals surface area contributed by atoms with Gasteiger partial charge in [-0.15, -0.1) is 0 Å². The van der Waals surface area contributed by atoms with E-state index in [0.29, 0.717) is 26.6 Å². The molecule has 0 unspecified atom stereocenters. The van der Waals surface area contributed by atoms with E-state index in [1.54, 1.807) is 34.9 Å². The lowest BCUT2D eigenvalue weighted by Crippen LogP contribution is -2.22. The predicted octanol–water partition coefficient (Wildman–Crippen LogP) is 3.07. The van der Waals surface area contributed by atoms with Crippen molar-refractivity contribution in [2.24, 2.45) is 4.99 Å². The standard InChI is InChI=1S/C20H17ClN2O6S/c1-27-15-7-5-12(21)9-13(15)18(25)22-20-23(10-17(24)28-2)14-6-4-11(19(26)29-3)8-16(14)30-20/h4-9H,10H2,1-3H3. The zero-order valence-electron chi connectivity index (χ0n) is 16.3. The molecule has 0 saturated carbocycles.